The minimum Gasteiger partial charge on any atom is -0.465 e. The number of aromatic nitrogens is 2. The van der Waals surface area contributed by atoms with Crippen LogP contribution in [0.2, 0.25) is 0 Å². The molecular formula is C20H17F3N4O3. The Morgan fingerprint density at radius 2 is 1.80 bits per heavy atom. The highest BCUT2D eigenvalue weighted by atomic mass is 19.4. The predicted molar refractivity (Wildman–Crippen MR) is 101 cm³/mol. The molecule has 0 spiro atoms. The van der Waals surface area contributed by atoms with Crippen LogP contribution in [0, 0.1) is 0 Å². The number of nitrogens with zero attached hydrogens (tertiary/aromatic N) is 3. The first-order chi connectivity index (χ1) is 14.2. The number of halogens is 3. The Kier molecular flexibility index (Phi) is 4.64. The van der Waals surface area contributed by atoms with E-state index in [4.69, 9.17) is 4.42 Å². The Labute approximate surface area is 169 Å². The zero-order valence-electron chi connectivity index (χ0n) is 15.8. The molecule has 156 valence electrons. The van der Waals surface area contributed by atoms with Crippen molar-refractivity contribution in [1.82, 2.24) is 15.1 Å². The van der Waals surface area contributed by atoms with Crippen molar-refractivity contribution < 1.29 is 27.5 Å². The molecule has 1 saturated carbocycles. The molecule has 0 radical (unpaired) electrons. The van der Waals surface area contributed by atoms with Gasteiger partial charge in [0.2, 0.25) is 11.8 Å². The fourth-order valence-corrected chi connectivity index (χ4v) is 3.19. The maximum absolute atomic E-state index is 12.8. The van der Waals surface area contributed by atoms with Gasteiger partial charge in [0, 0.05) is 12.7 Å². The number of alkyl halides is 3. The van der Waals surface area contributed by atoms with E-state index >= 15 is 0 Å². The molecule has 10 heteroatoms. The highest BCUT2D eigenvalue weighted by Crippen LogP contribution is 2.50. The van der Waals surface area contributed by atoms with Gasteiger partial charge in [-0.2, -0.15) is 13.2 Å². The zero-order chi connectivity index (χ0) is 21.5. The summed E-state index contributed by atoms with van der Waals surface area (Å²) in [4.78, 5) is 12.5. The number of anilines is 2. The molecule has 0 saturated heterocycles. The van der Waals surface area contributed by atoms with Gasteiger partial charge >= 0.3 is 12.3 Å². The molecule has 0 atom stereocenters. The van der Waals surface area contributed by atoms with Crippen molar-refractivity contribution in [2.75, 3.05) is 12.4 Å². The average Bonchev–Trinajstić information content (AvgIpc) is 3.37. The van der Waals surface area contributed by atoms with Gasteiger partial charge in [0.1, 0.15) is 5.54 Å². The lowest BCUT2D eigenvalue weighted by Gasteiger charge is -2.21. The summed E-state index contributed by atoms with van der Waals surface area (Å²) in [5.41, 5.74) is 0.0146. The smallest absolute Gasteiger partial charge is 0.416 e. The Balaban J connectivity index is 1.61. The predicted octanol–water partition coefficient (Wildman–Crippen LogP) is 5.10. The van der Waals surface area contributed by atoms with E-state index in [0.29, 0.717) is 29.8 Å². The van der Waals surface area contributed by atoms with Gasteiger partial charge in [-0.3, -0.25) is 4.90 Å². The normalized spacial score (nSPS) is 14.9. The first-order valence-corrected chi connectivity index (χ1v) is 9.05. The minimum absolute atomic E-state index is 0.185. The van der Waals surface area contributed by atoms with Crippen molar-refractivity contribution in [3.8, 4) is 11.5 Å². The van der Waals surface area contributed by atoms with Crippen LogP contribution in [0.3, 0.4) is 0 Å². The summed E-state index contributed by atoms with van der Waals surface area (Å²) < 4.78 is 44.1. The number of amides is 1. The Bertz CT molecular complexity index is 1080. The quantitative estimate of drug-likeness (QED) is 0.599. The van der Waals surface area contributed by atoms with Crippen molar-refractivity contribution in [2.24, 2.45) is 0 Å². The van der Waals surface area contributed by atoms with Crippen molar-refractivity contribution in [3.05, 3.63) is 60.0 Å². The van der Waals surface area contributed by atoms with Crippen LogP contribution in [0.4, 0.5) is 29.3 Å². The fraction of sp³-hybridized carbons (Fsp3) is 0.250. The number of hydrogen-bond donors (Lipinski definition) is 2. The largest absolute Gasteiger partial charge is 0.465 e. The standard InChI is InChI=1S/C20H17F3N4O3/c1-27(18(28)29)19(10-11-19)17-26-25-16(30-17)14-4-2-3-5-15(14)24-13-8-6-12(7-9-13)20(21,22)23/h2-9,24H,10-11H2,1H3,(H,28,29). The lowest BCUT2D eigenvalue weighted by atomic mass is 10.1. The van der Waals surface area contributed by atoms with Crippen LogP contribution < -0.4 is 5.32 Å². The van der Waals surface area contributed by atoms with E-state index in [0.717, 1.165) is 17.0 Å². The van der Waals surface area contributed by atoms with Gasteiger partial charge in [0.05, 0.1) is 16.8 Å². The van der Waals surface area contributed by atoms with Gasteiger partial charge < -0.3 is 14.8 Å². The maximum Gasteiger partial charge on any atom is 0.416 e. The van der Waals surface area contributed by atoms with Gasteiger partial charge in [0.15, 0.2) is 0 Å². The maximum atomic E-state index is 12.8. The second-order valence-electron chi connectivity index (χ2n) is 7.03. The third kappa shape index (κ3) is 3.56. The van der Waals surface area contributed by atoms with Crippen molar-refractivity contribution in [1.29, 1.82) is 0 Å². The summed E-state index contributed by atoms with van der Waals surface area (Å²) in [7, 11) is 1.46. The second kappa shape index (κ2) is 7.05. The van der Waals surface area contributed by atoms with Crippen molar-refractivity contribution >= 4 is 17.5 Å². The zero-order valence-corrected chi connectivity index (χ0v) is 15.8. The van der Waals surface area contributed by atoms with E-state index in [9.17, 15) is 23.1 Å². The third-order valence-corrected chi connectivity index (χ3v) is 5.12. The van der Waals surface area contributed by atoms with E-state index < -0.39 is 23.4 Å². The molecule has 0 unspecified atom stereocenters. The molecule has 4 rings (SSSR count). The summed E-state index contributed by atoms with van der Waals surface area (Å²) in [6, 6.07) is 11.6. The summed E-state index contributed by atoms with van der Waals surface area (Å²) in [5.74, 6) is 0.400. The highest BCUT2D eigenvalue weighted by molar-refractivity contribution is 5.77. The van der Waals surface area contributed by atoms with Crippen molar-refractivity contribution in [3.63, 3.8) is 0 Å². The molecular weight excluding hydrogens is 401 g/mol. The van der Waals surface area contributed by atoms with Crippen LogP contribution in [0.1, 0.15) is 24.3 Å². The van der Waals surface area contributed by atoms with Gasteiger partial charge in [-0.1, -0.05) is 12.1 Å². The molecule has 0 aliphatic heterocycles. The van der Waals surface area contributed by atoms with Gasteiger partial charge in [-0.05, 0) is 49.2 Å². The number of rotatable bonds is 5. The second-order valence-corrected chi connectivity index (χ2v) is 7.03. The molecule has 30 heavy (non-hydrogen) atoms. The van der Waals surface area contributed by atoms with Gasteiger partial charge in [0.25, 0.3) is 0 Å². The molecule has 1 fully saturated rings. The number of benzene rings is 2. The van der Waals surface area contributed by atoms with Gasteiger partial charge in [-0.15, -0.1) is 10.2 Å². The van der Waals surface area contributed by atoms with E-state index in [1.807, 2.05) is 0 Å². The lowest BCUT2D eigenvalue weighted by molar-refractivity contribution is -0.137. The molecule has 1 aromatic heterocycles. The van der Waals surface area contributed by atoms with Crippen LogP contribution in [-0.2, 0) is 11.7 Å². The number of hydrogen-bond acceptors (Lipinski definition) is 5. The van der Waals surface area contributed by atoms with Crippen molar-refractivity contribution in [2.45, 2.75) is 24.6 Å². The summed E-state index contributed by atoms with van der Waals surface area (Å²) in [6.45, 7) is 0. The summed E-state index contributed by atoms with van der Waals surface area (Å²) in [6.07, 6.45) is -4.32. The molecule has 3 aromatic rings. The summed E-state index contributed by atoms with van der Waals surface area (Å²) in [5, 5.41) is 20.4. The van der Waals surface area contributed by atoms with Crippen LogP contribution >= 0.6 is 0 Å². The fourth-order valence-electron chi connectivity index (χ4n) is 3.19. The first-order valence-electron chi connectivity index (χ1n) is 9.05. The van der Waals surface area contributed by atoms with Gasteiger partial charge in [-0.25, -0.2) is 4.79 Å². The number of nitrogens with one attached hydrogen (secondary N) is 1. The number of para-hydroxylation sites is 1. The van der Waals surface area contributed by atoms with Crippen LogP contribution in [0.25, 0.3) is 11.5 Å². The molecule has 7 nitrogen and oxygen atoms in total. The minimum atomic E-state index is -4.40. The average molecular weight is 418 g/mol. The van der Waals surface area contributed by atoms with E-state index in [2.05, 4.69) is 15.5 Å². The first kappa shape index (κ1) is 19.7. The molecule has 0 bridgehead atoms. The monoisotopic (exact) mass is 418 g/mol. The lowest BCUT2D eigenvalue weighted by Crippen LogP contribution is -2.36. The third-order valence-electron chi connectivity index (χ3n) is 5.12. The van der Waals surface area contributed by atoms with Crippen LogP contribution in [0.5, 0.6) is 0 Å². The number of carboxylic acid groups (broad SMARTS) is 1. The molecule has 2 N–H and O–H groups in total. The molecule has 2 aromatic carbocycles. The van der Waals surface area contributed by atoms with Crippen LogP contribution in [-0.4, -0.2) is 33.3 Å². The molecule has 1 heterocycles. The van der Waals surface area contributed by atoms with Crippen LogP contribution in [0.15, 0.2) is 52.9 Å². The Hall–Kier alpha value is -3.56. The SMILES string of the molecule is CN(C(=O)O)C1(c2nnc(-c3ccccc3Nc3ccc(C(F)(F)F)cc3)o2)CC1. The Morgan fingerprint density at radius 3 is 2.40 bits per heavy atom. The molecule has 1 aliphatic rings. The highest BCUT2D eigenvalue weighted by Gasteiger charge is 2.55. The molecule has 1 amide bonds. The molecule has 1 aliphatic carbocycles. The Morgan fingerprint density at radius 1 is 1.13 bits per heavy atom. The van der Waals surface area contributed by atoms with E-state index in [-0.39, 0.29) is 11.8 Å². The summed E-state index contributed by atoms with van der Waals surface area (Å²) >= 11 is 0. The van der Waals surface area contributed by atoms with E-state index in [1.54, 1.807) is 24.3 Å². The van der Waals surface area contributed by atoms with E-state index in [1.165, 1.54) is 19.2 Å². The topological polar surface area (TPSA) is 91.5 Å². The number of carbonyl (C=O) groups is 1.